The van der Waals surface area contributed by atoms with Crippen molar-refractivity contribution in [2.45, 2.75) is 19.4 Å². The van der Waals surface area contributed by atoms with Crippen LogP contribution in [0.1, 0.15) is 24.2 Å². The number of carboxylic acids is 1. The van der Waals surface area contributed by atoms with Gasteiger partial charge in [-0.05, 0) is 24.5 Å². The maximum Gasteiger partial charge on any atom is 0.323 e. The van der Waals surface area contributed by atoms with Gasteiger partial charge in [-0.3, -0.25) is 9.59 Å². The Bertz CT molecular complexity index is 486. The molecular weight excluding hydrogens is 246 g/mol. The van der Waals surface area contributed by atoms with Crippen LogP contribution < -0.4 is 0 Å². The summed E-state index contributed by atoms with van der Waals surface area (Å²) in [5, 5.41) is 8.82. The summed E-state index contributed by atoms with van der Waals surface area (Å²) in [6.45, 7) is 2.30. The van der Waals surface area contributed by atoms with E-state index in [2.05, 4.69) is 0 Å². The monoisotopic (exact) mass is 263 g/mol. The molecule has 102 valence electrons. The predicted molar refractivity (Wildman–Crippen MR) is 68.7 cm³/mol. The van der Waals surface area contributed by atoms with Crippen molar-refractivity contribution >= 4 is 11.9 Å². The third-order valence-electron chi connectivity index (χ3n) is 3.24. The SMILES string of the molecule is CCN(CC(=O)O)C(=O)[C@@H]1OCCc2ccccc21. The van der Waals surface area contributed by atoms with E-state index in [1.54, 1.807) is 6.92 Å². The van der Waals surface area contributed by atoms with E-state index in [-0.39, 0.29) is 12.5 Å². The van der Waals surface area contributed by atoms with Crippen LogP contribution in [0, 0.1) is 0 Å². The van der Waals surface area contributed by atoms with Gasteiger partial charge >= 0.3 is 5.97 Å². The molecule has 2 rings (SSSR count). The number of carboxylic acid groups (broad SMARTS) is 1. The molecule has 1 amide bonds. The number of benzene rings is 1. The number of carbonyl (C=O) groups excluding carboxylic acids is 1. The van der Waals surface area contributed by atoms with Crippen LogP contribution in [0.2, 0.25) is 0 Å². The fourth-order valence-corrected chi connectivity index (χ4v) is 2.27. The Morgan fingerprint density at radius 3 is 2.84 bits per heavy atom. The number of rotatable bonds is 4. The average Bonchev–Trinajstić information content (AvgIpc) is 2.43. The zero-order chi connectivity index (χ0) is 13.8. The quantitative estimate of drug-likeness (QED) is 0.887. The number of aliphatic carboxylic acids is 1. The lowest BCUT2D eigenvalue weighted by Crippen LogP contribution is -2.40. The second-order valence-electron chi connectivity index (χ2n) is 4.45. The summed E-state index contributed by atoms with van der Waals surface area (Å²) in [7, 11) is 0. The van der Waals surface area contributed by atoms with Gasteiger partial charge in [-0.1, -0.05) is 24.3 Å². The number of carbonyl (C=O) groups is 2. The highest BCUT2D eigenvalue weighted by Crippen LogP contribution is 2.28. The van der Waals surface area contributed by atoms with Crippen LogP contribution in [-0.2, 0) is 20.7 Å². The highest BCUT2D eigenvalue weighted by atomic mass is 16.5. The van der Waals surface area contributed by atoms with Gasteiger partial charge in [0.25, 0.3) is 5.91 Å². The molecule has 1 aromatic rings. The Labute approximate surface area is 111 Å². The molecule has 0 aromatic heterocycles. The van der Waals surface area contributed by atoms with Gasteiger partial charge in [0.15, 0.2) is 6.10 Å². The number of nitrogens with zero attached hydrogens (tertiary/aromatic N) is 1. The first-order valence-electron chi connectivity index (χ1n) is 6.33. The lowest BCUT2D eigenvalue weighted by atomic mass is 9.97. The second kappa shape index (κ2) is 5.84. The third kappa shape index (κ3) is 2.93. The second-order valence-corrected chi connectivity index (χ2v) is 4.45. The van der Waals surface area contributed by atoms with Crippen LogP contribution in [0.15, 0.2) is 24.3 Å². The molecule has 1 N–H and O–H groups in total. The number of amides is 1. The molecule has 5 nitrogen and oxygen atoms in total. The molecule has 0 unspecified atom stereocenters. The zero-order valence-corrected chi connectivity index (χ0v) is 10.8. The molecule has 0 aliphatic carbocycles. The van der Waals surface area contributed by atoms with Gasteiger partial charge in [0.2, 0.25) is 0 Å². The minimum Gasteiger partial charge on any atom is -0.480 e. The predicted octanol–water partition coefficient (Wildman–Crippen LogP) is 1.23. The van der Waals surface area contributed by atoms with Crippen molar-refractivity contribution in [1.29, 1.82) is 0 Å². The molecule has 0 spiro atoms. The molecule has 19 heavy (non-hydrogen) atoms. The van der Waals surface area contributed by atoms with Crippen molar-refractivity contribution in [2.24, 2.45) is 0 Å². The number of ether oxygens (including phenoxy) is 1. The van der Waals surface area contributed by atoms with Gasteiger partial charge in [0.1, 0.15) is 6.54 Å². The van der Waals surface area contributed by atoms with Crippen LogP contribution in [0.3, 0.4) is 0 Å². The molecule has 5 heteroatoms. The van der Waals surface area contributed by atoms with Gasteiger partial charge in [0, 0.05) is 6.54 Å². The first-order chi connectivity index (χ1) is 9.13. The Hall–Kier alpha value is -1.88. The molecule has 0 bridgehead atoms. The van der Waals surface area contributed by atoms with Gasteiger partial charge in [0.05, 0.1) is 6.61 Å². The fraction of sp³-hybridized carbons (Fsp3) is 0.429. The summed E-state index contributed by atoms with van der Waals surface area (Å²) in [5.41, 5.74) is 1.95. The number of hydrogen-bond donors (Lipinski definition) is 1. The molecule has 1 aromatic carbocycles. The Balaban J connectivity index is 2.22. The van der Waals surface area contributed by atoms with Gasteiger partial charge < -0.3 is 14.7 Å². The zero-order valence-electron chi connectivity index (χ0n) is 10.8. The van der Waals surface area contributed by atoms with Gasteiger partial charge in [-0.15, -0.1) is 0 Å². The van der Waals surface area contributed by atoms with Crippen molar-refractivity contribution in [3.05, 3.63) is 35.4 Å². The normalized spacial score (nSPS) is 17.6. The van der Waals surface area contributed by atoms with Crippen LogP contribution >= 0.6 is 0 Å². The average molecular weight is 263 g/mol. The summed E-state index contributed by atoms with van der Waals surface area (Å²) in [5.74, 6) is -1.30. The van der Waals surface area contributed by atoms with E-state index in [1.165, 1.54) is 4.90 Å². The third-order valence-corrected chi connectivity index (χ3v) is 3.24. The molecule has 1 aliphatic rings. The van der Waals surface area contributed by atoms with Crippen LogP contribution in [0.5, 0.6) is 0 Å². The van der Waals surface area contributed by atoms with Crippen molar-refractivity contribution in [1.82, 2.24) is 4.90 Å². The van der Waals surface area contributed by atoms with Crippen molar-refractivity contribution in [3.63, 3.8) is 0 Å². The van der Waals surface area contributed by atoms with E-state index in [4.69, 9.17) is 9.84 Å². The highest BCUT2D eigenvalue weighted by molar-refractivity contribution is 5.86. The van der Waals surface area contributed by atoms with Crippen molar-refractivity contribution < 1.29 is 19.4 Å². The van der Waals surface area contributed by atoms with Crippen molar-refractivity contribution in [3.8, 4) is 0 Å². The Kier molecular flexibility index (Phi) is 4.16. The minimum absolute atomic E-state index is 0.281. The summed E-state index contributed by atoms with van der Waals surface area (Å²) in [4.78, 5) is 24.4. The Morgan fingerprint density at radius 1 is 1.42 bits per heavy atom. The first-order valence-corrected chi connectivity index (χ1v) is 6.33. The maximum atomic E-state index is 12.4. The lowest BCUT2D eigenvalue weighted by Gasteiger charge is -2.29. The molecule has 0 fully saturated rings. The molecule has 1 heterocycles. The molecular formula is C14H17NO4. The molecule has 1 atom stereocenters. The summed E-state index contributed by atoms with van der Waals surface area (Å²) in [6.07, 6.45) is 0.106. The lowest BCUT2D eigenvalue weighted by molar-refractivity contribution is -0.151. The van der Waals surface area contributed by atoms with Crippen LogP contribution in [0.4, 0.5) is 0 Å². The fourth-order valence-electron chi connectivity index (χ4n) is 2.27. The number of likely N-dealkylation sites (N-methyl/N-ethyl adjacent to an activating group) is 1. The highest BCUT2D eigenvalue weighted by Gasteiger charge is 2.30. The summed E-state index contributed by atoms with van der Waals surface area (Å²) < 4.78 is 5.55. The number of fused-ring (bicyclic) bond motifs is 1. The van der Waals surface area contributed by atoms with E-state index < -0.39 is 12.1 Å². The van der Waals surface area contributed by atoms with E-state index in [0.29, 0.717) is 13.2 Å². The molecule has 0 saturated carbocycles. The summed E-state index contributed by atoms with van der Waals surface area (Å²) in [6, 6.07) is 7.64. The topological polar surface area (TPSA) is 66.8 Å². The van der Waals surface area contributed by atoms with E-state index >= 15 is 0 Å². The Morgan fingerprint density at radius 2 is 2.16 bits per heavy atom. The molecule has 0 radical (unpaired) electrons. The summed E-state index contributed by atoms with van der Waals surface area (Å²) >= 11 is 0. The van der Waals surface area contributed by atoms with E-state index in [0.717, 1.165) is 17.5 Å². The van der Waals surface area contributed by atoms with Crippen LogP contribution in [-0.4, -0.2) is 41.6 Å². The maximum absolute atomic E-state index is 12.4. The first kappa shape index (κ1) is 13.5. The van der Waals surface area contributed by atoms with E-state index in [1.807, 2.05) is 24.3 Å². The smallest absolute Gasteiger partial charge is 0.323 e. The van der Waals surface area contributed by atoms with Crippen LogP contribution in [0.25, 0.3) is 0 Å². The minimum atomic E-state index is -1.01. The molecule has 0 saturated heterocycles. The van der Waals surface area contributed by atoms with Gasteiger partial charge in [-0.2, -0.15) is 0 Å². The standard InChI is InChI=1S/C14H17NO4/c1-2-15(9-12(16)17)14(18)13-11-6-4-3-5-10(11)7-8-19-13/h3-6,13H,2,7-9H2,1H3,(H,16,17)/t13-/m1/s1. The largest absolute Gasteiger partial charge is 0.480 e. The molecule has 1 aliphatic heterocycles. The van der Waals surface area contributed by atoms with Gasteiger partial charge in [-0.25, -0.2) is 0 Å². The van der Waals surface area contributed by atoms with E-state index in [9.17, 15) is 9.59 Å². The number of hydrogen-bond acceptors (Lipinski definition) is 3. The van der Waals surface area contributed by atoms with Crippen molar-refractivity contribution in [2.75, 3.05) is 19.7 Å².